The normalized spacial score (nSPS) is 41.2. The summed E-state index contributed by atoms with van der Waals surface area (Å²) in [5, 5.41) is 12.2. The highest BCUT2D eigenvalue weighted by Gasteiger charge is 2.38. The van der Waals surface area contributed by atoms with E-state index in [9.17, 15) is 0 Å². The predicted octanol–water partition coefficient (Wildman–Crippen LogP) is 1.88. The first-order valence-electron chi connectivity index (χ1n) is 5.19. The smallest absolute Gasteiger partial charge is 0.0971 e. The second kappa shape index (κ2) is 4.13. The summed E-state index contributed by atoms with van der Waals surface area (Å²) < 4.78 is 1.00. The number of rotatable bonds is 2. The minimum absolute atomic E-state index is 0.376. The molecule has 0 aliphatic carbocycles. The Kier molecular flexibility index (Phi) is 3.32. The molecular formula is C11H21N2O+. The minimum Gasteiger partial charge on any atom is -0.411 e. The highest BCUT2D eigenvalue weighted by molar-refractivity contribution is 5.86. The summed E-state index contributed by atoms with van der Waals surface area (Å²) in [6.07, 6.45) is 2.87. The molecule has 3 atom stereocenters. The highest BCUT2D eigenvalue weighted by Crippen LogP contribution is 2.25. The molecule has 0 amide bonds. The molecule has 1 aliphatic rings. The molecule has 1 heterocycles. The van der Waals surface area contributed by atoms with Gasteiger partial charge in [0.1, 0.15) is 0 Å². The number of hydrogen-bond acceptors (Lipinski definition) is 2. The van der Waals surface area contributed by atoms with Crippen molar-refractivity contribution in [3.63, 3.8) is 0 Å². The van der Waals surface area contributed by atoms with E-state index in [1.165, 1.54) is 0 Å². The maximum atomic E-state index is 8.84. The number of nitrogens with zero attached hydrogens (tertiary/aromatic N) is 2. The zero-order valence-electron chi connectivity index (χ0n) is 9.40. The van der Waals surface area contributed by atoms with Crippen molar-refractivity contribution in [1.82, 2.24) is 0 Å². The first kappa shape index (κ1) is 11.2. The van der Waals surface area contributed by atoms with Crippen LogP contribution >= 0.6 is 0 Å². The Morgan fingerprint density at radius 2 is 2.29 bits per heavy atom. The number of quaternary nitrogens is 1. The molecule has 0 radical (unpaired) electrons. The van der Waals surface area contributed by atoms with E-state index in [1.807, 2.05) is 6.08 Å². The molecule has 0 spiro atoms. The minimum atomic E-state index is 0.376. The van der Waals surface area contributed by atoms with Gasteiger partial charge in [0.2, 0.25) is 0 Å². The summed E-state index contributed by atoms with van der Waals surface area (Å²) in [6.45, 7) is 10.2. The fraction of sp³-hybridized carbons (Fsp3) is 0.727. The van der Waals surface area contributed by atoms with Crippen molar-refractivity contribution in [1.29, 1.82) is 0 Å². The van der Waals surface area contributed by atoms with Gasteiger partial charge in [-0.3, -0.25) is 0 Å². The second-order valence-electron chi connectivity index (χ2n) is 4.68. The third-order valence-electron chi connectivity index (χ3n) is 3.50. The molecule has 1 aliphatic heterocycles. The zero-order valence-corrected chi connectivity index (χ0v) is 9.40. The van der Waals surface area contributed by atoms with Crippen molar-refractivity contribution in [3.05, 3.63) is 12.7 Å². The van der Waals surface area contributed by atoms with Crippen LogP contribution < -0.4 is 0 Å². The van der Waals surface area contributed by atoms with Crippen LogP contribution in [0, 0.1) is 5.92 Å². The van der Waals surface area contributed by atoms with Gasteiger partial charge < -0.3 is 9.69 Å². The van der Waals surface area contributed by atoms with Crippen LogP contribution in [0.15, 0.2) is 17.8 Å². The van der Waals surface area contributed by atoms with Gasteiger partial charge in [-0.05, 0) is 13.0 Å². The quantitative estimate of drug-likeness (QED) is 0.312. The molecule has 0 aromatic carbocycles. The van der Waals surface area contributed by atoms with Gasteiger partial charge in [-0.2, -0.15) is 0 Å². The van der Waals surface area contributed by atoms with Crippen molar-refractivity contribution in [3.8, 4) is 0 Å². The summed E-state index contributed by atoms with van der Waals surface area (Å²) in [7, 11) is 2.25. The molecule has 80 valence electrons. The third kappa shape index (κ3) is 1.98. The molecular weight excluding hydrogens is 176 g/mol. The van der Waals surface area contributed by atoms with Gasteiger partial charge in [0.25, 0.3) is 0 Å². The van der Waals surface area contributed by atoms with Gasteiger partial charge in [-0.1, -0.05) is 18.7 Å². The fourth-order valence-corrected chi connectivity index (χ4v) is 2.32. The van der Waals surface area contributed by atoms with Crippen molar-refractivity contribution in [2.75, 3.05) is 20.1 Å². The van der Waals surface area contributed by atoms with Crippen LogP contribution in [0.4, 0.5) is 0 Å². The van der Waals surface area contributed by atoms with Crippen LogP contribution in [0.2, 0.25) is 0 Å². The maximum Gasteiger partial charge on any atom is 0.0971 e. The monoisotopic (exact) mass is 197 g/mol. The van der Waals surface area contributed by atoms with Crippen LogP contribution in [0.5, 0.6) is 0 Å². The molecule has 0 aromatic rings. The number of piperidine rings is 1. The molecule has 1 fully saturated rings. The molecule has 1 saturated heterocycles. The molecule has 1 N–H and O–H groups in total. The van der Waals surface area contributed by atoms with E-state index in [1.54, 1.807) is 0 Å². The van der Waals surface area contributed by atoms with Crippen molar-refractivity contribution >= 4 is 5.71 Å². The predicted molar refractivity (Wildman–Crippen MR) is 58.6 cm³/mol. The average molecular weight is 197 g/mol. The fourth-order valence-electron chi connectivity index (χ4n) is 2.32. The standard InChI is InChI=1S/C11H20N2O/c1-5-6-13(4)8-9(2)11(12-14)7-10(13)3/h5,9-10H,1,6-8H2,2-4H3/p+1/t9-,10+,13-/m1/s1. The summed E-state index contributed by atoms with van der Waals surface area (Å²) >= 11 is 0. The third-order valence-corrected chi connectivity index (χ3v) is 3.50. The first-order chi connectivity index (χ1) is 6.53. The summed E-state index contributed by atoms with van der Waals surface area (Å²) in [5.41, 5.74) is 0.942. The largest absolute Gasteiger partial charge is 0.411 e. The number of likely N-dealkylation sites (N-methyl/N-ethyl adjacent to an activating group) is 1. The molecule has 0 bridgehead atoms. The molecule has 0 unspecified atom stereocenters. The molecule has 14 heavy (non-hydrogen) atoms. The number of hydrogen-bond donors (Lipinski definition) is 1. The van der Waals surface area contributed by atoms with Crippen molar-refractivity contribution < 1.29 is 9.69 Å². The van der Waals surface area contributed by atoms with E-state index in [0.29, 0.717) is 12.0 Å². The molecule has 1 rings (SSSR count). The molecule has 0 saturated carbocycles. The van der Waals surface area contributed by atoms with E-state index < -0.39 is 0 Å². The Morgan fingerprint density at radius 1 is 1.64 bits per heavy atom. The van der Waals surface area contributed by atoms with E-state index >= 15 is 0 Å². The van der Waals surface area contributed by atoms with Gasteiger partial charge >= 0.3 is 0 Å². The Labute approximate surface area is 86.3 Å². The number of oxime groups is 1. The Bertz CT molecular complexity index is 250. The molecule has 3 nitrogen and oxygen atoms in total. The topological polar surface area (TPSA) is 32.6 Å². The summed E-state index contributed by atoms with van der Waals surface area (Å²) in [5.74, 6) is 0.376. The van der Waals surface area contributed by atoms with E-state index in [0.717, 1.165) is 29.7 Å². The Morgan fingerprint density at radius 3 is 2.79 bits per heavy atom. The van der Waals surface area contributed by atoms with Crippen molar-refractivity contribution in [2.24, 2.45) is 11.1 Å². The molecule has 0 aromatic heterocycles. The molecule has 3 heteroatoms. The van der Waals surface area contributed by atoms with Crippen LogP contribution in [0.25, 0.3) is 0 Å². The lowest BCUT2D eigenvalue weighted by molar-refractivity contribution is -0.930. The Balaban J connectivity index is 2.80. The second-order valence-corrected chi connectivity index (χ2v) is 4.68. The lowest BCUT2D eigenvalue weighted by atomic mass is 9.90. The van der Waals surface area contributed by atoms with E-state index in [-0.39, 0.29) is 0 Å². The van der Waals surface area contributed by atoms with Crippen LogP contribution in [-0.2, 0) is 0 Å². The van der Waals surface area contributed by atoms with Gasteiger partial charge in [0.15, 0.2) is 0 Å². The lowest BCUT2D eigenvalue weighted by Gasteiger charge is -2.45. The van der Waals surface area contributed by atoms with Gasteiger partial charge in [-0.25, -0.2) is 0 Å². The average Bonchev–Trinajstić information content (AvgIpc) is 2.11. The SMILES string of the molecule is C=CC[N@+]1(C)C[C@@H](C)C(=NO)C[C@@H]1C. The Hall–Kier alpha value is -0.830. The van der Waals surface area contributed by atoms with Crippen LogP contribution in [0.1, 0.15) is 20.3 Å². The van der Waals surface area contributed by atoms with Gasteiger partial charge in [0.05, 0.1) is 31.9 Å². The maximum absolute atomic E-state index is 8.84. The van der Waals surface area contributed by atoms with Crippen LogP contribution in [0.3, 0.4) is 0 Å². The lowest BCUT2D eigenvalue weighted by Crippen LogP contribution is -2.58. The van der Waals surface area contributed by atoms with Crippen molar-refractivity contribution in [2.45, 2.75) is 26.3 Å². The number of likely N-dealkylation sites (tertiary alicyclic amines) is 1. The van der Waals surface area contributed by atoms with Gasteiger partial charge in [0, 0.05) is 12.3 Å². The van der Waals surface area contributed by atoms with Crippen LogP contribution in [-0.4, -0.2) is 41.6 Å². The zero-order chi connectivity index (χ0) is 10.8. The van der Waals surface area contributed by atoms with E-state index in [2.05, 4.69) is 32.6 Å². The summed E-state index contributed by atoms with van der Waals surface area (Å²) in [4.78, 5) is 0. The van der Waals surface area contributed by atoms with Gasteiger partial charge in [-0.15, -0.1) is 0 Å². The first-order valence-corrected chi connectivity index (χ1v) is 5.19. The van der Waals surface area contributed by atoms with E-state index in [4.69, 9.17) is 5.21 Å². The highest BCUT2D eigenvalue weighted by atomic mass is 16.4. The summed E-state index contributed by atoms with van der Waals surface area (Å²) in [6, 6.07) is 0.509.